The predicted molar refractivity (Wildman–Crippen MR) is 70.9 cm³/mol. The number of hydrogen-bond donors (Lipinski definition) is 0. The summed E-state index contributed by atoms with van der Waals surface area (Å²) in [7, 11) is -4.75. The Morgan fingerprint density at radius 3 is 2.23 bits per heavy atom. The topological polar surface area (TPSA) is 69.7 Å². The third-order valence-electron chi connectivity index (χ3n) is 2.75. The Bertz CT molecular complexity index is 822. The second-order valence-electron chi connectivity index (χ2n) is 4.13. The number of rotatable bonds is 3. The number of carbonyl (C=O) groups excluding carboxylic acids is 1. The molecule has 0 aromatic heterocycles. The largest absolute Gasteiger partial charge is 0.534 e. The van der Waals surface area contributed by atoms with E-state index in [1.165, 1.54) is 30.3 Å². The van der Waals surface area contributed by atoms with Crippen LogP contribution in [0.5, 0.6) is 5.75 Å². The normalized spacial score (nSPS) is 12.2. The summed E-state index contributed by atoms with van der Waals surface area (Å²) in [5.74, 6) is -1.43. The first-order valence-corrected chi connectivity index (χ1v) is 7.19. The molecule has 0 heterocycles. The first kappa shape index (κ1) is 16.1. The number of halogens is 3. The molecule has 0 unspecified atom stereocenters. The van der Waals surface area contributed by atoms with Gasteiger partial charge in [-0.05, 0) is 17.5 Å². The van der Waals surface area contributed by atoms with Crippen molar-refractivity contribution in [3.63, 3.8) is 0 Å². The molecule has 0 aliphatic rings. The first-order chi connectivity index (χ1) is 10.2. The molecule has 0 spiro atoms. The van der Waals surface area contributed by atoms with Crippen molar-refractivity contribution in [1.29, 1.82) is 0 Å². The van der Waals surface area contributed by atoms with Gasteiger partial charge in [0, 0.05) is 5.39 Å². The lowest BCUT2D eigenvalue weighted by Gasteiger charge is -2.13. The Labute approximate surface area is 123 Å². The van der Waals surface area contributed by atoms with Crippen LogP contribution in [-0.2, 0) is 14.9 Å². The van der Waals surface area contributed by atoms with Crippen molar-refractivity contribution in [3.8, 4) is 5.75 Å². The summed E-state index contributed by atoms with van der Waals surface area (Å²) in [5.41, 5.74) is -5.68. The predicted octanol–water partition coefficient (Wildman–Crippen LogP) is 2.85. The van der Waals surface area contributed by atoms with E-state index in [1.807, 2.05) is 0 Å². The SMILES string of the molecule is COC(=O)c1cccc2cccc(OS(=O)(=O)C(F)(F)F)c12. The molecule has 22 heavy (non-hydrogen) atoms. The van der Waals surface area contributed by atoms with Gasteiger partial charge in [0.2, 0.25) is 0 Å². The van der Waals surface area contributed by atoms with Gasteiger partial charge in [-0.15, -0.1) is 0 Å². The van der Waals surface area contributed by atoms with Gasteiger partial charge in [-0.25, -0.2) is 4.79 Å². The number of ether oxygens (including phenoxy) is 1. The molecule has 5 nitrogen and oxygen atoms in total. The molecule has 2 aromatic carbocycles. The lowest BCUT2D eigenvalue weighted by atomic mass is 10.0. The molecule has 118 valence electrons. The highest BCUT2D eigenvalue weighted by Gasteiger charge is 2.48. The summed E-state index contributed by atoms with van der Waals surface area (Å²) in [4.78, 5) is 11.7. The quantitative estimate of drug-likeness (QED) is 0.490. The van der Waals surface area contributed by atoms with Crippen molar-refractivity contribution in [2.75, 3.05) is 7.11 Å². The number of carbonyl (C=O) groups is 1. The van der Waals surface area contributed by atoms with Crippen LogP contribution >= 0.6 is 0 Å². The highest BCUT2D eigenvalue weighted by molar-refractivity contribution is 7.88. The van der Waals surface area contributed by atoms with E-state index in [1.54, 1.807) is 0 Å². The molecule has 0 atom stereocenters. The van der Waals surface area contributed by atoms with Crippen LogP contribution in [0, 0.1) is 0 Å². The van der Waals surface area contributed by atoms with Crippen LogP contribution in [0.1, 0.15) is 10.4 Å². The molecule has 9 heteroatoms. The molecule has 0 aliphatic carbocycles. The molecule has 0 N–H and O–H groups in total. The third kappa shape index (κ3) is 2.84. The van der Waals surface area contributed by atoms with Crippen LogP contribution in [0.3, 0.4) is 0 Å². The minimum absolute atomic E-state index is 0.0790. The van der Waals surface area contributed by atoms with Crippen LogP contribution < -0.4 is 4.18 Å². The Morgan fingerprint density at radius 1 is 1.09 bits per heavy atom. The maximum absolute atomic E-state index is 12.4. The van der Waals surface area contributed by atoms with E-state index in [0.717, 1.165) is 13.2 Å². The standard InChI is InChI=1S/C13H9F3O5S/c1-20-12(17)9-6-2-4-8-5-3-7-10(11(8)9)21-22(18,19)13(14,15)16/h2-7H,1H3. The second-order valence-corrected chi connectivity index (χ2v) is 5.67. The average Bonchev–Trinajstić information content (AvgIpc) is 2.44. The average molecular weight is 334 g/mol. The molecular weight excluding hydrogens is 325 g/mol. The van der Waals surface area contributed by atoms with E-state index in [4.69, 9.17) is 0 Å². The van der Waals surface area contributed by atoms with E-state index in [2.05, 4.69) is 8.92 Å². The van der Waals surface area contributed by atoms with Gasteiger partial charge in [-0.2, -0.15) is 21.6 Å². The van der Waals surface area contributed by atoms with Crippen molar-refractivity contribution in [2.24, 2.45) is 0 Å². The van der Waals surface area contributed by atoms with Crippen molar-refractivity contribution < 1.29 is 35.3 Å². The van der Waals surface area contributed by atoms with Crippen LogP contribution in [0.15, 0.2) is 36.4 Å². The Kier molecular flexibility index (Phi) is 4.01. The van der Waals surface area contributed by atoms with E-state index in [0.29, 0.717) is 5.39 Å². The Hall–Kier alpha value is -2.29. The maximum Gasteiger partial charge on any atom is 0.534 e. The van der Waals surface area contributed by atoms with Gasteiger partial charge in [0.1, 0.15) is 0 Å². The van der Waals surface area contributed by atoms with Gasteiger partial charge in [-0.3, -0.25) is 0 Å². The molecule has 0 aliphatic heterocycles. The fourth-order valence-corrected chi connectivity index (χ4v) is 2.29. The zero-order chi connectivity index (χ0) is 16.5. The number of benzene rings is 2. The van der Waals surface area contributed by atoms with Crippen LogP contribution in [0.25, 0.3) is 10.8 Å². The van der Waals surface area contributed by atoms with Gasteiger partial charge in [0.25, 0.3) is 0 Å². The van der Waals surface area contributed by atoms with Gasteiger partial charge < -0.3 is 8.92 Å². The van der Waals surface area contributed by atoms with Crippen LogP contribution in [-0.4, -0.2) is 27.0 Å². The highest BCUT2D eigenvalue weighted by Crippen LogP contribution is 2.33. The van der Waals surface area contributed by atoms with Gasteiger partial charge in [0.15, 0.2) is 5.75 Å². The summed E-state index contributed by atoms with van der Waals surface area (Å²) < 4.78 is 68.3. The summed E-state index contributed by atoms with van der Waals surface area (Å²) in [5, 5.41) is 0.252. The molecule has 0 saturated heterocycles. The Balaban J connectivity index is 2.68. The minimum Gasteiger partial charge on any atom is -0.465 e. The molecule has 0 radical (unpaired) electrons. The van der Waals surface area contributed by atoms with Crippen molar-refractivity contribution in [1.82, 2.24) is 0 Å². The summed E-state index contributed by atoms with van der Waals surface area (Å²) >= 11 is 0. The molecule has 0 bridgehead atoms. The number of hydrogen-bond acceptors (Lipinski definition) is 5. The van der Waals surface area contributed by atoms with Gasteiger partial charge in [0.05, 0.1) is 12.7 Å². The van der Waals surface area contributed by atoms with E-state index >= 15 is 0 Å². The number of esters is 1. The zero-order valence-electron chi connectivity index (χ0n) is 11.0. The fourth-order valence-electron chi connectivity index (χ4n) is 1.82. The number of fused-ring (bicyclic) bond motifs is 1. The summed E-state index contributed by atoms with van der Waals surface area (Å²) in [6, 6.07) is 8.10. The lowest BCUT2D eigenvalue weighted by molar-refractivity contribution is -0.0499. The van der Waals surface area contributed by atoms with Crippen molar-refractivity contribution >= 4 is 26.9 Å². The second kappa shape index (κ2) is 5.48. The molecular formula is C13H9F3O5S. The summed E-state index contributed by atoms with van der Waals surface area (Å²) in [6.45, 7) is 0. The maximum atomic E-state index is 12.4. The van der Waals surface area contributed by atoms with Crippen LogP contribution in [0.4, 0.5) is 13.2 Å². The Morgan fingerprint density at radius 2 is 1.68 bits per heavy atom. The molecule has 0 amide bonds. The van der Waals surface area contributed by atoms with Crippen molar-refractivity contribution in [2.45, 2.75) is 5.51 Å². The lowest BCUT2D eigenvalue weighted by Crippen LogP contribution is -2.28. The number of alkyl halides is 3. The van der Waals surface area contributed by atoms with E-state index < -0.39 is 27.3 Å². The summed E-state index contributed by atoms with van der Waals surface area (Å²) in [6.07, 6.45) is 0. The third-order valence-corrected chi connectivity index (χ3v) is 3.72. The molecule has 2 rings (SSSR count). The highest BCUT2D eigenvalue weighted by atomic mass is 32.2. The molecule has 2 aromatic rings. The monoisotopic (exact) mass is 334 g/mol. The smallest absolute Gasteiger partial charge is 0.465 e. The van der Waals surface area contributed by atoms with Crippen LogP contribution in [0.2, 0.25) is 0 Å². The molecule has 0 fully saturated rings. The number of methoxy groups -OCH3 is 1. The first-order valence-electron chi connectivity index (χ1n) is 5.78. The van der Waals surface area contributed by atoms with E-state index in [9.17, 15) is 26.4 Å². The van der Waals surface area contributed by atoms with E-state index in [-0.39, 0.29) is 10.9 Å². The van der Waals surface area contributed by atoms with Gasteiger partial charge >= 0.3 is 21.6 Å². The van der Waals surface area contributed by atoms with Gasteiger partial charge in [-0.1, -0.05) is 24.3 Å². The zero-order valence-corrected chi connectivity index (χ0v) is 11.9. The minimum atomic E-state index is -5.84. The molecule has 0 saturated carbocycles. The van der Waals surface area contributed by atoms with Crippen molar-refractivity contribution in [3.05, 3.63) is 42.0 Å². The fraction of sp³-hybridized carbons (Fsp3) is 0.154.